The van der Waals surface area contributed by atoms with Gasteiger partial charge >= 0.3 is 0 Å². The molecule has 0 amide bonds. The van der Waals surface area contributed by atoms with Gasteiger partial charge in [0.25, 0.3) is 0 Å². The Labute approximate surface area is 159 Å². The van der Waals surface area contributed by atoms with E-state index < -0.39 is 5.82 Å². The minimum Gasteiger partial charge on any atom is -0.338 e. The van der Waals surface area contributed by atoms with Gasteiger partial charge in [-0.3, -0.25) is 5.10 Å². The molecular formula is C17H13Cl2FN6. The largest absolute Gasteiger partial charge is 0.338 e. The summed E-state index contributed by atoms with van der Waals surface area (Å²) in [5, 5.41) is 14.3. The first-order valence-corrected chi connectivity index (χ1v) is 7.80. The number of aromatic amines is 1. The van der Waals surface area contributed by atoms with Gasteiger partial charge in [-0.05, 0) is 42.5 Å². The molecule has 0 fully saturated rings. The van der Waals surface area contributed by atoms with Gasteiger partial charge in [-0.25, -0.2) is 9.37 Å². The van der Waals surface area contributed by atoms with E-state index in [1.165, 1.54) is 6.07 Å². The third-order valence-corrected chi connectivity index (χ3v) is 3.78. The maximum atomic E-state index is 13.9. The molecule has 26 heavy (non-hydrogen) atoms. The Morgan fingerprint density at radius 2 is 1.92 bits per heavy atom. The van der Waals surface area contributed by atoms with E-state index in [1.807, 2.05) is 18.2 Å². The lowest BCUT2D eigenvalue weighted by atomic mass is 10.2. The summed E-state index contributed by atoms with van der Waals surface area (Å²) in [5.41, 5.74) is 2.00. The molecule has 0 aliphatic carbocycles. The van der Waals surface area contributed by atoms with Crippen molar-refractivity contribution < 1.29 is 4.39 Å². The van der Waals surface area contributed by atoms with Gasteiger partial charge < -0.3 is 10.6 Å². The highest BCUT2D eigenvalue weighted by atomic mass is 35.5. The summed E-state index contributed by atoms with van der Waals surface area (Å²) >= 11 is 5.76. The summed E-state index contributed by atoms with van der Waals surface area (Å²) in [7, 11) is 0. The average molecular weight is 391 g/mol. The minimum absolute atomic E-state index is 0. The number of fused-ring (bicyclic) bond motifs is 1. The molecule has 2 heterocycles. The van der Waals surface area contributed by atoms with Crippen molar-refractivity contribution in [3.05, 3.63) is 65.7 Å². The van der Waals surface area contributed by atoms with Crippen LogP contribution >= 0.6 is 24.0 Å². The van der Waals surface area contributed by atoms with Crippen molar-refractivity contribution in [2.24, 2.45) is 0 Å². The van der Waals surface area contributed by atoms with E-state index in [0.717, 1.165) is 16.6 Å². The molecule has 2 aromatic heterocycles. The van der Waals surface area contributed by atoms with Gasteiger partial charge in [0, 0.05) is 22.3 Å². The minimum atomic E-state index is -0.453. The molecule has 0 unspecified atom stereocenters. The molecule has 2 aromatic carbocycles. The van der Waals surface area contributed by atoms with Crippen LogP contribution in [0.2, 0.25) is 5.02 Å². The second kappa shape index (κ2) is 7.55. The van der Waals surface area contributed by atoms with E-state index in [2.05, 4.69) is 30.8 Å². The molecular weight excluding hydrogens is 378 g/mol. The maximum absolute atomic E-state index is 13.9. The number of nitrogens with one attached hydrogen (secondary N) is 3. The predicted molar refractivity (Wildman–Crippen MR) is 103 cm³/mol. The molecule has 9 heteroatoms. The Hall–Kier alpha value is -2.90. The third kappa shape index (κ3) is 3.84. The van der Waals surface area contributed by atoms with Crippen molar-refractivity contribution in [2.45, 2.75) is 0 Å². The number of rotatable bonds is 4. The summed E-state index contributed by atoms with van der Waals surface area (Å²) in [5.74, 6) is 0.393. The molecule has 0 radical (unpaired) electrons. The zero-order valence-corrected chi connectivity index (χ0v) is 14.8. The summed E-state index contributed by atoms with van der Waals surface area (Å²) in [6.07, 6.45) is 3.33. The zero-order valence-electron chi connectivity index (χ0n) is 13.2. The SMILES string of the molecule is Cl.Fc1cc(Cl)ccc1Nc1ccnc(Nc2ccc3cn[nH]c3c2)n1. The molecule has 0 saturated carbocycles. The Bertz CT molecular complexity index is 1050. The molecule has 4 rings (SSSR count). The van der Waals surface area contributed by atoms with Gasteiger partial charge in [-0.1, -0.05) is 11.6 Å². The van der Waals surface area contributed by atoms with Gasteiger partial charge in [0.2, 0.25) is 5.95 Å². The van der Waals surface area contributed by atoms with Gasteiger partial charge in [0.15, 0.2) is 0 Å². The number of halogens is 3. The highest BCUT2D eigenvalue weighted by Crippen LogP contribution is 2.23. The molecule has 3 N–H and O–H groups in total. The van der Waals surface area contributed by atoms with Gasteiger partial charge in [-0.2, -0.15) is 10.1 Å². The normalized spacial score (nSPS) is 10.4. The summed E-state index contributed by atoms with van der Waals surface area (Å²) in [4.78, 5) is 8.51. The van der Waals surface area contributed by atoms with E-state index in [4.69, 9.17) is 11.6 Å². The standard InChI is InChI=1S/C17H12ClFN6.ClH/c18-11-2-4-14(13(19)7-11)23-16-5-6-20-17(24-16)22-12-3-1-10-9-21-25-15(10)8-12;/h1-9H,(H,21,25)(H2,20,22,23,24);1H. The van der Waals surface area contributed by atoms with E-state index >= 15 is 0 Å². The number of nitrogens with zero attached hydrogens (tertiary/aromatic N) is 3. The number of hydrogen-bond donors (Lipinski definition) is 3. The fourth-order valence-corrected chi connectivity index (χ4v) is 2.52. The smallest absolute Gasteiger partial charge is 0.229 e. The van der Waals surface area contributed by atoms with Gasteiger partial charge in [-0.15, -0.1) is 12.4 Å². The highest BCUT2D eigenvalue weighted by molar-refractivity contribution is 6.30. The quantitative estimate of drug-likeness (QED) is 0.454. The lowest BCUT2D eigenvalue weighted by molar-refractivity contribution is 0.632. The molecule has 0 atom stereocenters. The first-order valence-electron chi connectivity index (χ1n) is 7.43. The van der Waals surface area contributed by atoms with Crippen molar-refractivity contribution in [1.29, 1.82) is 0 Å². The van der Waals surface area contributed by atoms with Crippen LogP contribution in [0, 0.1) is 5.82 Å². The molecule has 132 valence electrons. The number of H-pyrrole nitrogens is 1. The van der Waals surface area contributed by atoms with Crippen molar-refractivity contribution in [3.63, 3.8) is 0 Å². The topological polar surface area (TPSA) is 78.5 Å². The Morgan fingerprint density at radius 1 is 1.04 bits per heavy atom. The van der Waals surface area contributed by atoms with Crippen LogP contribution in [0.1, 0.15) is 0 Å². The summed E-state index contributed by atoms with van der Waals surface area (Å²) in [6.45, 7) is 0. The van der Waals surface area contributed by atoms with Crippen molar-refractivity contribution in [1.82, 2.24) is 20.2 Å². The summed E-state index contributed by atoms with van der Waals surface area (Å²) in [6, 6.07) is 11.8. The third-order valence-electron chi connectivity index (χ3n) is 3.55. The second-order valence-electron chi connectivity index (χ2n) is 5.31. The van der Waals surface area contributed by atoms with Crippen LogP contribution in [0.25, 0.3) is 10.9 Å². The molecule has 0 spiro atoms. The lowest BCUT2D eigenvalue weighted by Gasteiger charge is -2.09. The van der Waals surface area contributed by atoms with Crippen molar-refractivity contribution >= 4 is 58.1 Å². The first-order chi connectivity index (χ1) is 12.2. The monoisotopic (exact) mass is 390 g/mol. The maximum Gasteiger partial charge on any atom is 0.229 e. The van der Waals surface area contributed by atoms with Crippen LogP contribution in [0.3, 0.4) is 0 Å². The highest BCUT2D eigenvalue weighted by Gasteiger charge is 2.06. The Morgan fingerprint density at radius 3 is 2.77 bits per heavy atom. The lowest BCUT2D eigenvalue weighted by Crippen LogP contribution is -2.01. The van der Waals surface area contributed by atoms with E-state index in [-0.39, 0.29) is 18.1 Å². The number of hydrogen-bond acceptors (Lipinski definition) is 5. The molecule has 0 bridgehead atoms. The van der Waals surface area contributed by atoms with E-state index in [1.54, 1.807) is 30.6 Å². The van der Waals surface area contributed by atoms with Crippen molar-refractivity contribution in [2.75, 3.05) is 10.6 Å². The predicted octanol–water partition coefficient (Wildman–Crippen LogP) is 5.05. The Kier molecular flexibility index (Phi) is 5.20. The fourth-order valence-electron chi connectivity index (χ4n) is 2.36. The fraction of sp³-hybridized carbons (Fsp3) is 0. The average Bonchev–Trinajstić information content (AvgIpc) is 3.05. The molecule has 4 aromatic rings. The number of aromatic nitrogens is 4. The van der Waals surface area contributed by atoms with Gasteiger partial charge in [0.1, 0.15) is 11.6 Å². The van der Waals surface area contributed by atoms with E-state index in [0.29, 0.717) is 16.8 Å². The summed E-state index contributed by atoms with van der Waals surface area (Å²) < 4.78 is 13.9. The van der Waals surface area contributed by atoms with Crippen LogP contribution in [0.15, 0.2) is 54.9 Å². The van der Waals surface area contributed by atoms with Crippen LogP contribution in [-0.4, -0.2) is 20.2 Å². The molecule has 0 saturated heterocycles. The Balaban J connectivity index is 0.00000196. The van der Waals surface area contributed by atoms with E-state index in [9.17, 15) is 4.39 Å². The molecule has 6 nitrogen and oxygen atoms in total. The molecule has 0 aliphatic heterocycles. The van der Waals surface area contributed by atoms with Crippen molar-refractivity contribution in [3.8, 4) is 0 Å². The number of anilines is 4. The number of benzene rings is 2. The second-order valence-corrected chi connectivity index (χ2v) is 5.75. The van der Waals surface area contributed by atoms with Crippen LogP contribution < -0.4 is 10.6 Å². The zero-order chi connectivity index (χ0) is 17.2. The van der Waals surface area contributed by atoms with Gasteiger partial charge in [0.05, 0.1) is 17.4 Å². The van der Waals surface area contributed by atoms with Crippen LogP contribution in [-0.2, 0) is 0 Å². The molecule has 0 aliphatic rings. The first kappa shape index (κ1) is 17.9. The van der Waals surface area contributed by atoms with Crippen LogP contribution in [0.4, 0.5) is 27.5 Å². The van der Waals surface area contributed by atoms with Crippen LogP contribution in [0.5, 0.6) is 0 Å².